The standard InChI is InChI=1S/C23H25Cl2FN4OS/c1-3-5-14-10-27-12-18(20(14)13-6-4-7-15(26)8-13)29-23(31)19-9-16(22(25)32-19)21-17(24)11-28-30(21)2/h4,6-9,11,14,18,20,27H,3,5,10,12H2,1-2H3,(H,29,31)/t14?,18-,20-/m1/s1. The van der Waals surface area contributed by atoms with Crippen LogP contribution in [0.25, 0.3) is 11.3 Å². The fraction of sp³-hybridized carbons (Fsp3) is 0.391. The minimum atomic E-state index is -0.260. The van der Waals surface area contributed by atoms with Crippen molar-refractivity contribution in [3.63, 3.8) is 0 Å². The number of aryl methyl sites for hydroxylation is 1. The molecule has 1 aliphatic rings. The summed E-state index contributed by atoms with van der Waals surface area (Å²) in [5.41, 5.74) is 2.27. The van der Waals surface area contributed by atoms with Crippen LogP contribution in [0.3, 0.4) is 0 Å². The van der Waals surface area contributed by atoms with E-state index < -0.39 is 0 Å². The van der Waals surface area contributed by atoms with Crippen molar-refractivity contribution in [2.45, 2.75) is 31.7 Å². The van der Waals surface area contributed by atoms with Crippen LogP contribution >= 0.6 is 34.5 Å². The second-order valence-electron chi connectivity index (χ2n) is 8.13. The molecule has 1 fully saturated rings. The van der Waals surface area contributed by atoms with Gasteiger partial charge in [-0.3, -0.25) is 9.48 Å². The van der Waals surface area contributed by atoms with Gasteiger partial charge >= 0.3 is 0 Å². The summed E-state index contributed by atoms with van der Waals surface area (Å²) in [5, 5.41) is 11.2. The lowest BCUT2D eigenvalue weighted by Gasteiger charge is -2.39. The monoisotopic (exact) mass is 494 g/mol. The van der Waals surface area contributed by atoms with E-state index in [1.807, 2.05) is 6.07 Å². The molecule has 32 heavy (non-hydrogen) atoms. The second kappa shape index (κ2) is 9.91. The number of nitrogens with one attached hydrogen (secondary N) is 2. The third kappa shape index (κ3) is 4.71. The van der Waals surface area contributed by atoms with Gasteiger partial charge in [-0.1, -0.05) is 48.7 Å². The van der Waals surface area contributed by atoms with E-state index in [0.717, 1.165) is 24.9 Å². The molecule has 0 bridgehead atoms. The smallest absolute Gasteiger partial charge is 0.261 e. The van der Waals surface area contributed by atoms with Gasteiger partial charge in [-0.2, -0.15) is 5.10 Å². The zero-order valence-corrected chi connectivity index (χ0v) is 20.2. The van der Waals surface area contributed by atoms with E-state index in [2.05, 4.69) is 22.7 Å². The molecule has 0 spiro atoms. The number of hydrogen-bond donors (Lipinski definition) is 2. The molecule has 0 aliphatic carbocycles. The Hall–Kier alpha value is -1.93. The van der Waals surface area contributed by atoms with Gasteiger partial charge in [-0.15, -0.1) is 11.3 Å². The maximum atomic E-state index is 14.0. The predicted molar refractivity (Wildman–Crippen MR) is 128 cm³/mol. The van der Waals surface area contributed by atoms with E-state index in [1.54, 1.807) is 36.1 Å². The lowest BCUT2D eigenvalue weighted by Crippen LogP contribution is -2.53. The van der Waals surface area contributed by atoms with Crippen LogP contribution in [-0.4, -0.2) is 34.8 Å². The number of amides is 1. The molecule has 1 aliphatic heterocycles. The molecule has 1 aromatic carbocycles. The third-order valence-electron chi connectivity index (χ3n) is 5.98. The van der Waals surface area contributed by atoms with E-state index in [0.29, 0.717) is 38.0 Å². The predicted octanol–water partition coefficient (Wildman–Crippen LogP) is 5.50. The molecule has 170 valence electrons. The summed E-state index contributed by atoms with van der Waals surface area (Å²) in [7, 11) is 1.78. The third-order valence-corrected chi connectivity index (χ3v) is 7.62. The maximum absolute atomic E-state index is 14.0. The first-order valence-electron chi connectivity index (χ1n) is 10.6. The molecule has 3 atom stereocenters. The van der Waals surface area contributed by atoms with E-state index in [4.69, 9.17) is 23.2 Å². The lowest BCUT2D eigenvalue weighted by molar-refractivity contribution is 0.0916. The van der Waals surface area contributed by atoms with E-state index in [9.17, 15) is 9.18 Å². The van der Waals surface area contributed by atoms with Gasteiger partial charge in [-0.25, -0.2) is 4.39 Å². The van der Waals surface area contributed by atoms with Crippen molar-refractivity contribution in [3.05, 3.63) is 62.1 Å². The number of carbonyl (C=O) groups excluding carboxylic acids is 1. The molecule has 4 rings (SSSR count). The highest BCUT2D eigenvalue weighted by Crippen LogP contribution is 2.39. The van der Waals surface area contributed by atoms with Crippen molar-refractivity contribution >= 4 is 40.4 Å². The van der Waals surface area contributed by atoms with Gasteiger partial charge in [-0.05, 0) is 42.6 Å². The maximum Gasteiger partial charge on any atom is 0.261 e. The minimum absolute atomic E-state index is 0.0253. The van der Waals surface area contributed by atoms with Crippen LogP contribution in [0, 0.1) is 11.7 Å². The van der Waals surface area contributed by atoms with Gasteiger partial charge in [0.15, 0.2) is 0 Å². The van der Waals surface area contributed by atoms with Crippen LogP contribution in [0.1, 0.15) is 40.9 Å². The zero-order chi connectivity index (χ0) is 22.8. The second-order valence-corrected chi connectivity index (χ2v) is 10.2. The van der Waals surface area contributed by atoms with E-state index in [-0.39, 0.29) is 23.7 Å². The highest BCUT2D eigenvalue weighted by molar-refractivity contribution is 7.18. The molecular weight excluding hydrogens is 470 g/mol. The quantitative estimate of drug-likeness (QED) is 0.475. The molecule has 0 saturated carbocycles. The fourth-order valence-electron chi connectivity index (χ4n) is 4.61. The summed E-state index contributed by atoms with van der Waals surface area (Å²) in [4.78, 5) is 13.7. The Morgan fingerprint density at radius 2 is 2.16 bits per heavy atom. The van der Waals surface area contributed by atoms with Gasteiger partial charge in [0.1, 0.15) is 10.2 Å². The summed E-state index contributed by atoms with van der Waals surface area (Å²) < 4.78 is 16.1. The number of aromatic nitrogens is 2. The molecule has 1 amide bonds. The summed E-state index contributed by atoms with van der Waals surface area (Å²) in [6.07, 6.45) is 3.57. The molecule has 1 saturated heterocycles. The van der Waals surface area contributed by atoms with Crippen LogP contribution in [0.2, 0.25) is 9.36 Å². The van der Waals surface area contributed by atoms with Crippen molar-refractivity contribution < 1.29 is 9.18 Å². The number of piperidine rings is 1. The number of thiophene rings is 1. The zero-order valence-electron chi connectivity index (χ0n) is 17.9. The Morgan fingerprint density at radius 1 is 1.34 bits per heavy atom. The number of nitrogens with zero attached hydrogens (tertiary/aromatic N) is 2. The number of hydrogen-bond acceptors (Lipinski definition) is 4. The molecule has 1 unspecified atom stereocenters. The Kier molecular flexibility index (Phi) is 7.20. The lowest BCUT2D eigenvalue weighted by atomic mass is 9.76. The largest absolute Gasteiger partial charge is 0.347 e. The van der Waals surface area contributed by atoms with Crippen molar-refractivity contribution in [3.8, 4) is 11.3 Å². The van der Waals surface area contributed by atoms with Crippen LogP contribution in [-0.2, 0) is 7.05 Å². The van der Waals surface area contributed by atoms with Gasteiger partial charge in [0.2, 0.25) is 0 Å². The average Bonchev–Trinajstić information content (AvgIpc) is 3.29. The molecule has 3 aromatic rings. The summed E-state index contributed by atoms with van der Waals surface area (Å²) in [5.74, 6) is -0.134. The summed E-state index contributed by atoms with van der Waals surface area (Å²) in [6, 6.07) is 8.30. The molecule has 5 nitrogen and oxygen atoms in total. The van der Waals surface area contributed by atoms with Crippen molar-refractivity contribution in [2.75, 3.05) is 13.1 Å². The Balaban J connectivity index is 1.60. The van der Waals surface area contributed by atoms with E-state index in [1.165, 1.54) is 17.4 Å². The van der Waals surface area contributed by atoms with Gasteiger partial charge in [0.25, 0.3) is 5.91 Å². The number of rotatable bonds is 6. The summed E-state index contributed by atoms with van der Waals surface area (Å²) in [6.45, 7) is 3.60. The van der Waals surface area contributed by atoms with Gasteiger partial charge in [0.05, 0.1) is 21.8 Å². The first-order chi connectivity index (χ1) is 15.4. The Bertz CT molecular complexity index is 1090. The molecule has 0 radical (unpaired) electrons. The van der Waals surface area contributed by atoms with Crippen LogP contribution in [0.5, 0.6) is 0 Å². The number of benzene rings is 1. The molecular formula is C23H25Cl2FN4OS. The van der Waals surface area contributed by atoms with Gasteiger partial charge in [0, 0.05) is 31.1 Å². The van der Waals surface area contributed by atoms with Crippen molar-refractivity contribution in [1.82, 2.24) is 20.4 Å². The average molecular weight is 495 g/mol. The molecule has 9 heteroatoms. The highest BCUT2D eigenvalue weighted by Gasteiger charge is 2.35. The first-order valence-corrected chi connectivity index (χ1v) is 12.2. The molecule has 2 N–H and O–H groups in total. The minimum Gasteiger partial charge on any atom is -0.347 e. The normalized spacial score (nSPS) is 21.0. The molecule has 2 aromatic heterocycles. The topological polar surface area (TPSA) is 58.9 Å². The Morgan fingerprint density at radius 3 is 2.84 bits per heavy atom. The van der Waals surface area contributed by atoms with Crippen molar-refractivity contribution in [2.24, 2.45) is 13.0 Å². The summed E-state index contributed by atoms with van der Waals surface area (Å²) >= 11 is 13.9. The van der Waals surface area contributed by atoms with Crippen molar-refractivity contribution in [1.29, 1.82) is 0 Å². The first kappa shape index (κ1) is 23.2. The van der Waals surface area contributed by atoms with E-state index >= 15 is 0 Å². The molecule has 3 heterocycles. The SMILES string of the molecule is CCCC1CNC[C@@H](NC(=O)c2cc(-c3c(Cl)cnn3C)c(Cl)s2)[C@@H]1c1cccc(F)c1. The van der Waals surface area contributed by atoms with Gasteiger partial charge < -0.3 is 10.6 Å². The van der Waals surface area contributed by atoms with Crippen LogP contribution < -0.4 is 10.6 Å². The highest BCUT2D eigenvalue weighted by atomic mass is 35.5. The fourth-order valence-corrected chi connectivity index (χ4v) is 6.06. The van der Waals surface area contributed by atoms with Crippen LogP contribution in [0.4, 0.5) is 4.39 Å². The Labute approximate surface area is 200 Å². The number of halogens is 3. The van der Waals surface area contributed by atoms with Crippen LogP contribution in [0.15, 0.2) is 36.5 Å². The number of carbonyl (C=O) groups is 1.